The lowest BCUT2D eigenvalue weighted by atomic mass is 10.3. The number of nitrogens with zero attached hydrogens (tertiary/aromatic N) is 2. The minimum atomic E-state index is -3.75. The van der Waals surface area contributed by atoms with E-state index in [0.29, 0.717) is 26.3 Å². The molecule has 0 atom stereocenters. The minimum Gasteiger partial charge on any atom is -0.379 e. The standard InChI is InChI=1S/C15H20Cl3N3O4S/c1-26(23,24)21(14-9-12(17)11(16)8-13(14)18)10-15(22)19-2-3-20-4-6-25-7-5-20/h8-9H,2-7,10H2,1H3,(H,19,22). The van der Waals surface area contributed by atoms with Crippen LogP contribution in [0.15, 0.2) is 12.1 Å². The monoisotopic (exact) mass is 443 g/mol. The summed E-state index contributed by atoms with van der Waals surface area (Å²) in [6.45, 7) is 3.64. The Balaban J connectivity index is 2.02. The molecule has 7 nitrogen and oxygen atoms in total. The smallest absolute Gasteiger partial charge is 0.240 e. The second-order valence-electron chi connectivity index (χ2n) is 5.79. The molecule has 26 heavy (non-hydrogen) atoms. The van der Waals surface area contributed by atoms with Crippen LogP contribution in [0.2, 0.25) is 15.1 Å². The molecule has 0 unspecified atom stereocenters. The van der Waals surface area contributed by atoms with Gasteiger partial charge in [-0.3, -0.25) is 14.0 Å². The van der Waals surface area contributed by atoms with Crippen LogP contribution < -0.4 is 9.62 Å². The molecule has 1 N–H and O–H groups in total. The summed E-state index contributed by atoms with van der Waals surface area (Å²) in [5.41, 5.74) is 0.104. The number of ether oxygens (including phenoxy) is 1. The maximum atomic E-state index is 12.2. The third-order valence-corrected chi connectivity index (χ3v) is 5.95. The molecule has 1 aliphatic rings. The zero-order valence-corrected chi connectivity index (χ0v) is 17.3. The fourth-order valence-electron chi connectivity index (χ4n) is 2.45. The molecule has 0 aliphatic carbocycles. The second-order valence-corrected chi connectivity index (χ2v) is 8.92. The molecule has 1 aromatic rings. The lowest BCUT2D eigenvalue weighted by Crippen LogP contribution is -2.44. The number of carbonyl (C=O) groups excluding carboxylic acids is 1. The van der Waals surface area contributed by atoms with Crippen molar-refractivity contribution in [2.24, 2.45) is 0 Å². The first-order chi connectivity index (χ1) is 12.2. The molecule has 0 saturated carbocycles. The second kappa shape index (κ2) is 9.43. The lowest BCUT2D eigenvalue weighted by Gasteiger charge is -2.27. The molecular weight excluding hydrogens is 425 g/mol. The Morgan fingerprint density at radius 2 is 1.81 bits per heavy atom. The van der Waals surface area contributed by atoms with E-state index in [1.165, 1.54) is 12.1 Å². The Morgan fingerprint density at radius 1 is 1.19 bits per heavy atom. The molecule has 0 aromatic heterocycles. The summed E-state index contributed by atoms with van der Waals surface area (Å²) in [4.78, 5) is 14.4. The van der Waals surface area contributed by atoms with Gasteiger partial charge in [-0.15, -0.1) is 0 Å². The Bertz CT molecular complexity index is 755. The lowest BCUT2D eigenvalue weighted by molar-refractivity contribution is -0.119. The van der Waals surface area contributed by atoms with Crippen molar-refractivity contribution in [2.45, 2.75) is 0 Å². The van der Waals surface area contributed by atoms with E-state index in [9.17, 15) is 13.2 Å². The number of hydrogen-bond donors (Lipinski definition) is 1. The van der Waals surface area contributed by atoms with Crippen molar-refractivity contribution in [3.63, 3.8) is 0 Å². The summed E-state index contributed by atoms with van der Waals surface area (Å²) < 4.78 is 30.4. The molecule has 1 aliphatic heterocycles. The average Bonchev–Trinajstić information content (AvgIpc) is 2.56. The fourth-order valence-corrected chi connectivity index (χ4v) is 4.00. The quantitative estimate of drug-likeness (QED) is 0.650. The van der Waals surface area contributed by atoms with Gasteiger partial charge in [0.2, 0.25) is 15.9 Å². The highest BCUT2D eigenvalue weighted by atomic mass is 35.5. The first-order valence-corrected chi connectivity index (χ1v) is 10.9. The number of amides is 1. The summed E-state index contributed by atoms with van der Waals surface area (Å²) >= 11 is 17.9. The SMILES string of the molecule is CS(=O)(=O)N(CC(=O)NCCN1CCOCC1)c1cc(Cl)c(Cl)cc1Cl. The van der Waals surface area contributed by atoms with E-state index < -0.39 is 22.5 Å². The maximum absolute atomic E-state index is 12.2. The average molecular weight is 445 g/mol. The number of nitrogens with one attached hydrogen (secondary N) is 1. The molecule has 0 spiro atoms. The van der Waals surface area contributed by atoms with Gasteiger partial charge in [0, 0.05) is 26.2 Å². The van der Waals surface area contributed by atoms with Gasteiger partial charge in [0.15, 0.2) is 0 Å². The number of halogens is 3. The van der Waals surface area contributed by atoms with Gasteiger partial charge in [-0.2, -0.15) is 0 Å². The normalized spacial score (nSPS) is 15.7. The van der Waals surface area contributed by atoms with E-state index in [1.807, 2.05) is 0 Å². The highest BCUT2D eigenvalue weighted by Gasteiger charge is 2.24. The van der Waals surface area contributed by atoms with E-state index >= 15 is 0 Å². The molecule has 2 rings (SSSR count). The van der Waals surface area contributed by atoms with Gasteiger partial charge in [-0.1, -0.05) is 34.8 Å². The number of rotatable bonds is 7. The van der Waals surface area contributed by atoms with Gasteiger partial charge in [-0.25, -0.2) is 8.42 Å². The predicted octanol–water partition coefficient (Wildman–Crippen LogP) is 1.86. The summed E-state index contributed by atoms with van der Waals surface area (Å²) in [7, 11) is -3.75. The summed E-state index contributed by atoms with van der Waals surface area (Å²) in [6.07, 6.45) is 0.993. The van der Waals surface area contributed by atoms with Crippen LogP contribution in [0.25, 0.3) is 0 Å². The van der Waals surface area contributed by atoms with E-state index in [-0.39, 0.29) is 20.8 Å². The van der Waals surface area contributed by atoms with Crippen molar-refractivity contribution in [1.29, 1.82) is 0 Å². The van der Waals surface area contributed by atoms with Crippen LogP contribution in [-0.2, 0) is 19.6 Å². The zero-order valence-electron chi connectivity index (χ0n) is 14.2. The van der Waals surface area contributed by atoms with Gasteiger partial charge >= 0.3 is 0 Å². The van der Waals surface area contributed by atoms with Crippen LogP contribution in [-0.4, -0.2) is 71.4 Å². The Labute approximate surface area is 168 Å². The molecule has 11 heteroatoms. The first-order valence-electron chi connectivity index (χ1n) is 7.87. The Hall–Kier alpha value is -0.770. The van der Waals surface area contributed by atoms with Crippen molar-refractivity contribution >= 4 is 56.4 Å². The topological polar surface area (TPSA) is 79.0 Å². The molecule has 1 saturated heterocycles. The van der Waals surface area contributed by atoms with Gasteiger partial charge in [-0.05, 0) is 12.1 Å². The predicted molar refractivity (Wildman–Crippen MR) is 104 cm³/mol. The van der Waals surface area contributed by atoms with Crippen LogP contribution in [0.4, 0.5) is 5.69 Å². The van der Waals surface area contributed by atoms with E-state index in [1.54, 1.807) is 0 Å². The summed E-state index contributed by atoms with van der Waals surface area (Å²) in [5.74, 6) is -0.439. The Morgan fingerprint density at radius 3 is 2.42 bits per heavy atom. The van der Waals surface area contributed by atoms with Crippen molar-refractivity contribution in [3.05, 3.63) is 27.2 Å². The molecule has 0 radical (unpaired) electrons. The van der Waals surface area contributed by atoms with Gasteiger partial charge in [0.05, 0.1) is 40.2 Å². The number of anilines is 1. The molecule has 146 valence electrons. The molecule has 1 amide bonds. The largest absolute Gasteiger partial charge is 0.379 e. The fraction of sp³-hybridized carbons (Fsp3) is 0.533. The third-order valence-electron chi connectivity index (χ3n) is 3.80. The van der Waals surface area contributed by atoms with Crippen LogP contribution in [0.1, 0.15) is 0 Å². The Kier molecular flexibility index (Phi) is 7.81. The molecule has 1 fully saturated rings. The van der Waals surface area contributed by atoms with Gasteiger partial charge < -0.3 is 10.1 Å². The molecular formula is C15H20Cl3N3O4S. The van der Waals surface area contributed by atoms with E-state index in [2.05, 4.69) is 10.2 Å². The van der Waals surface area contributed by atoms with Crippen molar-refractivity contribution in [3.8, 4) is 0 Å². The van der Waals surface area contributed by atoms with Crippen LogP contribution in [0.5, 0.6) is 0 Å². The van der Waals surface area contributed by atoms with Crippen LogP contribution >= 0.6 is 34.8 Å². The van der Waals surface area contributed by atoms with E-state index in [0.717, 1.165) is 23.7 Å². The maximum Gasteiger partial charge on any atom is 0.240 e. The third kappa shape index (κ3) is 6.14. The number of sulfonamides is 1. The molecule has 0 bridgehead atoms. The number of morpholine rings is 1. The number of hydrogen-bond acceptors (Lipinski definition) is 5. The zero-order chi connectivity index (χ0) is 19.3. The molecule has 1 aromatic carbocycles. The minimum absolute atomic E-state index is 0.0888. The molecule has 1 heterocycles. The summed E-state index contributed by atoms with van der Waals surface area (Å²) in [6, 6.07) is 2.67. The highest BCUT2D eigenvalue weighted by Crippen LogP contribution is 2.35. The van der Waals surface area contributed by atoms with Gasteiger partial charge in [0.1, 0.15) is 6.54 Å². The van der Waals surface area contributed by atoms with Crippen molar-refractivity contribution in [1.82, 2.24) is 10.2 Å². The number of carbonyl (C=O) groups is 1. The highest BCUT2D eigenvalue weighted by molar-refractivity contribution is 7.92. The van der Waals surface area contributed by atoms with Crippen molar-refractivity contribution in [2.75, 3.05) is 56.5 Å². The van der Waals surface area contributed by atoms with Crippen molar-refractivity contribution < 1.29 is 17.9 Å². The van der Waals surface area contributed by atoms with Crippen LogP contribution in [0.3, 0.4) is 0 Å². The number of benzene rings is 1. The first kappa shape index (κ1) is 21.5. The van der Waals surface area contributed by atoms with E-state index in [4.69, 9.17) is 39.5 Å². The summed E-state index contributed by atoms with van der Waals surface area (Å²) in [5, 5.41) is 3.15. The van der Waals surface area contributed by atoms with Gasteiger partial charge in [0.25, 0.3) is 0 Å². The van der Waals surface area contributed by atoms with Crippen LogP contribution in [0, 0.1) is 0 Å².